The quantitative estimate of drug-likeness (QED) is 0.254. The Labute approximate surface area is 261 Å². The molecule has 4 fully saturated rings. The summed E-state index contributed by atoms with van der Waals surface area (Å²) in [4.78, 5) is 2.18. The summed E-state index contributed by atoms with van der Waals surface area (Å²) < 4.78 is 12.7. The summed E-state index contributed by atoms with van der Waals surface area (Å²) in [5.74, 6) is 4.97. The number of nitrogens with one attached hydrogen (secondary N) is 1. The van der Waals surface area contributed by atoms with Gasteiger partial charge in [-0.1, -0.05) is 26.8 Å². The molecule has 0 saturated heterocycles. The molecule has 238 valence electrons. The van der Waals surface area contributed by atoms with Crippen LogP contribution in [0.1, 0.15) is 103 Å². The zero-order chi connectivity index (χ0) is 30.2. The maximum atomic E-state index is 10.4. The van der Waals surface area contributed by atoms with Crippen LogP contribution in [0, 0.1) is 34.5 Å². The maximum absolute atomic E-state index is 10.4. The second-order valence-electron chi connectivity index (χ2n) is 15.6. The number of aliphatic hydroxyl groups excluding tert-OH is 1. The Morgan fingerprint density at radius 3 is 2.65 bits per heavy atom. The minimum Gasteiger partial charge on any atom is -0.457 e. The third-order valence-electron chi connectivity index (χ3n) is 12.8. The largest absolute Gasteiger partial charge is 0.457 e. The van der Waals surface area contributed by atoms with E-state index >= 15 is 0 Å². The molecule has 0 radical (unpaired) electrons. The summed E-state index contributed by atoms with van der Waals surface area (Å²) in [6.45, 7) is 12.1. The number of anilines is 1. The number of benzene rings is 1. The molecule has 0 aromatic heterocycles. The number of hydrogen-bond donors (Lipinski definition) is 2. The van der Waals surface area contributed by atoms with Crippen LogP contribution in [-0.4, -0.2) is 56.0 Å². The van der Waals surface area contributed by atoms with Crippen LogP contribution in [0.3, 0.4) is 0 Å². The number of hydrogen-bond acceptors (Lipinski definition) is 5. The highest BCUT2D eigenvalue weighted by molar-refractivity contribution is 5.76. The molecular formula is C38H58N2O3. The van der Waals surface area contributed by atoms with E-state index in [0.717, 1.165) is 92.7 Å². The number of allylic oxidation sites excluding steroid dienone is 2. The number of ether oxygens (including phenoxy) is 2. The molecule has 5 nitrogen and oxygen atoms in total. The summed E-state index contributed by atoms with van der Waals surface area (Å²) in [6, 6.07) is 6.48. The number of aliphatic hydroxyl groups is 1. The molecule has 4 saturated carbocycles. The van der Waals surface area contributed by atoms with Gasteiger partial charge in [-0.2, -0.15) is 0 Å². The van der Waals surface area contributed by atoms with E-state index < -0.39 is 0 Å². The van der Waals surface area contributed by atoms with Gasteiger partial charge in [0, 0.05) is 37.0 Å². The average molecular weight is 591 g/mol. The van der Waals surface area contributed by atoms with Crippen molar-refractivity contribution < 1.29 is 14.6 Å². The van der Waals surface area contributed by atoms with E-state index in [2.05, 4.69) is 69.0 Å². The van der Waals surface area contributed by atoms with Crippen molar-refractivity contribution in [3.8, 4) is 5.75 Å². The molecule has 0 bridgehead atoms. The number of unbranched alkanes of at least 4 members (excludes halogenated alkanes) is 2. The summed E-state index contributed by atoms with van der Waals surface area (Å²) in [5.41, 5.74) is 4.45. The van der Waals surface area contributed by atoms with E-state index in [1.807, 2.05) is 0 Å². The van der Waals surface area contributed by atoms with Crippen molar-refractivity contribution in [2.24, 2.45) is 34.5 Å². The average Bonchev–Trinajstić information content (AvgIpc) is 3.30. The van der Waals surface area contributed by atoms with Crippen LogP contribution >= 0.6 is 0 Å². The zero-order valence-corrected chi connectivity index (χ0v) is 27.5. The van der Waals surface area contributed by atoms with Gasteiger partial charge in [0.15, 0.2) is 0 Å². The molecule has 0 unspecified atom stereocenters. The lowest BCUT2D eigenvalue weighted by Crippen LogP contribution is -2.54. The van der Waals surface area contributed by atoms with Gasteiger partial charge in [-0.25, -0.2) is 0 Å². The molecule has 4 aliphatic carbocycles. The van der Waals surface area contributed by atoms with Crippen molar-refractivity contribution in [3.05, 3.63) is 42.2 Å². The third-order valence-corrected chi connectivity index (χ3v) is 12.8. The fraction of sp³-hybridized carbons (Fsp3) is 0.737. The van der Waals surface area contributed by atoms with Crippen LogP contribution in [0.4, 0.5) is 5.69 Å². The summed E-state index contributed by atoms with van der Waals surface area (Å²) >= 11 is 0. The van der Waals surface area contributed by atoms with Crippen molar-refractivity contribution in [2.75, 3.05) is 39.1 Å². The monoisotopic (exact) mass is 590 g/mol. The van der Waals surface area contributed by atoms with Gasteiger partial charge in [-0.3, -0.25) is 0 Å². The molecule has 1 heterocycles. The number of nitrogens with zero attached hydrogens (tertiary/aromatic N) is 1. The molecule has 2 N–H and O–H groups in total. The van der Waals surface area contributed by atoms with E-state index in [4.69, 9.17) is 9.47 Å². The van der Waals surface area contributed by atoms with Crippen LogP contribution in [0.5, 0.6) is 5.75 Å². The Morgan fingerprint density at radius 1 is 1.00 bits per heavy atom. The first-order valence-electron chi connectivity index (χ1n) is 17.6. The molecule has 5 aliphatic rings. The molecule has 0 amide bonds. The fourth-order valence-electron chi connectivity index (χ4n) is 10.3. The van der Waals surface area contributed by atoms with E-state index in [9.17, 15) is 5.11 Å². The molecule has 1 aromatic rings. The number of rotatable bonds is 11. The summed E-state index contributed by atoms with van der Waals surface area (Å²) in [5, 5.41) is 13.9. The lowest BCUT2D eigenvalue weighted by molar-refractivity contribution is -0.141. The number of fused-ring (bicyclic) bond motifs is 6. The van der Waals surface area contributed by atoms with Crippen molar-refractivity contribution >= 4 is 11.3 Å². The second-order valence-corrected chi connectivity index (χ2v) is 15.6. The first-order valence-corrected chi connectivity index (χ1v) is 17.6. The second kappa shape index (κ2) is 12.9. The maximum Gasteiger partial charge on any atom is 0.136 e. The Morgan fingerprint density at radius 2 is 1.81 bits per heavy atom. The zero-order valence-electron chi connectivity index (χ0n) is 27.5. The van der Waals surface area contributed by atoms with Crippen LogP contribution in [-0.2, 0) is 4.74 Å². The highest BCUT2D eigenvalue weighted by Crippen LogP contribution is 2.66. The highest BCUT2D eigenvalue weighted by atomic mass is 16.5. The standard InChI is InChI=1S/C38H58N2O3/c1-26-23-27(31-13-11-29(25-35(31)43-26)39-20-21-40(4)5)9-7-6-8-22-42-36-15-14-33-32-12-10-28-24-30(41)16-18-37(28,2)34(32)17-19-38(33,36)3/h11,13,23,25,28,30,32-34,36,39,41H,1,6-10,12,14-22,24H2,2-5H3/t28-,30+,32-,33-,34-,36-,37-,38-/m0/s1. The minimum atomic E-state index is -0.0507. The predicted octanol–water partition coefficient (Wildman–Crippen LogP) is 8.30. The summed E-state index contributed by atoms with van der Waals surface area (Å²) in [6.07, 6.45) is 18.4. The van der Waals surface area contributed by atoms with Gasteiger partial charge < -0.3 is 24.8 Å². The smallest absolute Gasteiger partial charge is 0.136 e. The van der Waals surface area contributed by atoms with E-state index in [1.165, 1.54) is 62.5 Å². The van der Waals surface area contributed by atoms with Gasteiger partial charge in [-0.05, 0) is 149 Å². The van der Waals surface area contributed by atoms with Crippen LogP contribution in [0.2, 0.25) is 0 Å². The van der Waals surface area contributed by atoms with E-state index in [0.29, 0.717) is 16.9 Å². The molecular weight excluding hydrogens is 532 g/mol. The van der Waals surface area contributed by atoms with Crippen LogP contribution in [0.15, 0.2) is 36.6 Å². The lowest BCUT2D eigenvalue weighted by atomic mass is 9.45. The van der Waals surface area contributed by atoms with Gasteiger partial charge in [0.25, 0.3) is 0 Å². The van der Waals surface area contributed by atoms with Crippen LogP contribution in [0.25, 0.3) is 5.57 Å². The van der Waals surface area contributed by atoms with E-state index in [-0.39, 0.29) is 6.10 Å². The van der Waals surface area contributed by atoms with Crippen molar-refractivity contribution in [1.82, 2.24) is 4.90 Å². The first-order chi connectivity index (χ1) is 20.7. The van der Waals surface area contributed by atoms with Gasteiger partial charge in [-0.15, -0.1) is 0 Å². The molecule has 1 aromatic carbocycles. The number of likely N-dealkylation sites (N-methyl/N-ethyl adjacent to an activating group) is 1. The molecule has 0 spiro atoms. The van der Waals surface area contributed by atoms with Gasteiger partial charge >= 0.3 is 0 Å². The molecule has 8 atom stereocenters. The lowest BCUT2D eigenvalue weighted by Gasteiger charge is -2.60. The minimum absolute atomic E-state index is 0.0507. The Bertz CT molecular complexity index is 1180. The van der Waals surface area contributed by atoms with Gasteiger partial charge in [0.1, 0.15) is 11.5 Å². The molecule has 5 heteroatoms. The Kier molecular flexibility index (Phi) is 9.34. The van der Waals surface area contributed by atoms with Gasteiger partial charge in [0.05, 0.1) is 12.2 Å². The van der Waals surface area contributed by atoms with Crippen molar-refractivity contribution in [2.45, 2.75) is 110 Å². The van der Waals surface area contributed by atoms with Crippen LogP contribution < -0.4 is 10.1 Å². The SMILES string of the molecule is C=C1C=C(CCCCCO[C@H]2CC[C@H]3[C@@H]4CC[C@H]5C[C@H](O)CC[C@]5(C)[C@H]4CC[C@]23C)c2ccc(NCCN(C)C)cc2O1. The highest BCUT2D eigenvalue weighted by Gasteiger charge is 2.60. The molecule has 43 heavy (non-hydrogen) atoms. The van der Waals surface area contributed by atoms with Crippen molar-refractivity contribution in [3.63, 3.8) is 0 Å². The summed E-state index contributed by atoms with van der Waals surface area (Å²) in [7, 11) is 4.19. The Balaban J connectivity index is 0.960. The van der Waals surface area contributed by atoms with Gasteiger partial charge in [0.2, 0.25) is 0 Å². The third kappa shape index (κ3) is 6.33. The molecule has 6 rings (SSSR count). The van der Waals surface area contributed by atoms with Crippen molar-refractivity contribution in [1.29, 1.82) is 0 Å². The molecule has 1 aliphatic heterocycles. The van der Waals surface area contributed by atoms with E-state index in [1.54, 1.807) is 0 Å². The Hall–Kier alpha value is -1.82. The fourth-order valence-corrected chi connectivity index (χ4v) is 10.3. The topological polar surface area (TPSA) is 54.0 Å². The predicted molar refractivity (Wildman–Crippen MR) is 177 cm³/mol. The normalized spacial score (nSPS) is 36.7. The first kappa shape index (κ1) is 31.2.